The molecule has 0 aromatic heterocycles. The Balaban J connectivity index is 1.40. The third-order valence-electron chi connectivity index (χ3n) is 6.10. The van der Waals surface area contributed by atoms with Crippen LogP contribution in [0, 0.1) is 0 Å². The lowest BCUT2D eigenvalue weighted by molar-refractivity contribution is -0.137. The van der Waals surface area contributed by atoms with Crippen molar-refractivity contribution < 1.29 is 24.2 Å². The van der Waals surface area contributed by atoms with Gasteiger partial charge in [-0.25, -0.2) is 4.79 Å². The van der Waals surface area contributed by atoms with E-state index in [1.54, 1.807) is 0 Å². The number of nitrogens with one attached hydrogen (secondary N) is 2. The standard InChI is InChI=1S/C28H28N2O5/c31-26(32)15-8-16-29-27(33)25(17-19-9-2-1-3-10-19)30-28(34)35-18-24-22-13-6-4-11-20(22)21-12-5-7-14-23(21)24/h1-7,9-14,24-25H,8,15-18H2,(H,29,33)(H,30,34)(H,31,32). The van der Waals surface area contributed by atoms with Crippen molar-refractivity contribution in [1.29, 1.82) is 0 Å². The maximum absolute atomic E-state index is 12.8. The zero-order valence-corrected chi connectivity index (χ0v) is 19.3. The number of carboxylic acids is 1. The monoisotopic (exact) mass is 472 g/mol. The first kappa shape index (κ1) is 24.0. The lowest BCUT2D eigenvalue weighted by Gasteiger charge is -2.20. The summed E-state index contributed by atoms with van der Waals surface area (Å²) in [5.74, 6) is -1.38. The molecule has 7 nitrogen and oxygen atoms in total. The molecule has 3 aromatic carbocycles. The van der Waals surface area contributed by atoms with Crippen LogP contribution in [-0.2, 0) is 20.7 Å². The van der Waals surface area contributed by atoms with Crippen molar-refractivity contribution in [2.24, 2.45) is 0 Å². The summed E-state index contributed by atoms with van der Waals surface area (Å²) in [4.78, 5) is 36.3. The minimum atomic E-state index is -0.920. The van der Waals surface area contributed by atoms with Gasteiger partial charge in [-0.15, -0.1) is 0 Å². The van der Waals surface area contributed by atoms with Gasteiger partial charge in [-0.1, -0.05) is 78.9 Å². The van der Waals surface area contributed by atoms with E-state index in [9.17, 15) is 14.4 Å². The predicted molar refractivity (Wildman–Crippen MR) is 132 cm³/mol. The maximum atomic E-state index is 12.8. The van der Waals surface area contributed by atoms with Crippen LogP contribution in [0.2, 0.25) is 0 Å². The fourth-order valence-electron chi connectivity index (χ4n) is 4.42. The highest BCUT2D eigenvalue weighted by Crippen LogP contribution is 2.44. The van der Waals surface area contributed by atoms with E-state index < -0.39 is 18.1 Å². The Labute approximate surface area is 204 Å². The van der Waals surface area contributed by atoms with Crippen LogP contribution in [0.5, 0.6) is 0 Å². The third kappa shape index (κ3) is 6.06. The number of aliphatic carboxylic acids is 1. The number of carbonyl (C=O) groups is 3. The number of amides is 2. The largest absolute Gasteiger partial charge is 0.481 e. The van der Waals surface area contributed by atoms with Gasteiger partial charge < -0.3 is 20.5 Å². The Kier molecular flexibility index (Phi) is 7.77. The number of benzene rings is 3. The van der Waals surface area contributed by atoms with Crippen molar-refractivity contribution >= 4 is 18.0 Å². The van der Waals surface area contributed by atoms with Gasteiger partial charge in [-0.05, 0) is 34.2 Å². The first-order valence-electron chi connectivity index (χ1n) is 11.7. The molecule has 0 fully saturated rings. The molecule has 180 valence electrons. The van der Waals surface area contributed by atoms with Crippen molar-refractivity contribution in [2.45, 2.75) is 31.2 Å². The van der Waals surface area contributed by atoms with Crippen LogP contribution in [-0.4, -0.2) is 42.3 Å². The summed E-state index contributed by atoms with van der Waals surface area (Å²) in [6, 6.07) is 24.7. The van der Waals surface area contributed by atoms with Crippen LogP contribution >= 0.6 is 0 Å². The van der Waals surface area contributed by atoms with E-state index in [-0.39, 0.29) is 37.8 Å². The van der Waals surface area contributed by atoms with Gasteiger partial charge in [0.05, 0.1) is 0 Å². The Morgan fingerprint density at radius 2 is 1.46 bits per heavy atom. The summed E-state index contributed by atoms with van der Waals surface area (Å²) < 4.78 is 5.61. The molecule has 4 rings (SSSR count). The highest BCUT2D eigenvalue weighted by atomic mass is 16.5. The highest BCUT2D eigenvalue weighted by molar-refractivity contribution is 5.86. The van der Waals surface area contributed by atoms with Crippen LogP contribution in [0.15, 0.2) is 78.9 Å². The predicted octanol–water partition coefficient (Wildman–Crippen LogP) is 4.12. The first-order valence-corrected chi connectivity index (χ1v) is 11.7. The Morgan fingerprint density at radius 3 is 2.09 bits per heavy atom. The van der Waals surface area contributed by atoms with E-state index in [4.69, 9.17) is 9.84 Å². The minimum Gasteiger partial charge on any atom is -0.481 e. The second-order valence-electron chi connectivity index (χ2n) is 8.50. The van der Waals surface area contributed by atoms with Gasteiger partial charge in [0.15, 0.2) is 0 Å². The molecule has 0 spiro atoms. The molecule has 3 N–H and O–H groups in total. The molecule has 1 aliphatic rings. The highest BCUT2D eigenvalue weighted by Gasteiger charge is 2.29. The molecule has 0 radical (unpaired) electrons. The summed E-state index contributed by atoms with van der Waals surface area (Å²) in [5.41, 5.74) is 5.38. The lowest BCUT2D eigenvalue weighted by atomic mass is 9.98. The molecule has 0 heterocycles. The summed E-state index contributed by atoms with van der Waals surface area (Å²) in [7, 11) is 0. The van der Waals surface area contributed by atoms with Crippen molar-refractivity contribution in [3.05, 3.63) is 95.6 Å². The Morgan fingerprint density at radius 1 is 0.857 bits per heavy atom. The fraction of sp³-hybridized carbons (Fsp3) is 0.250. The lowest BCUT2D eigenvalue weighted by Crippen LogP contribution is -2.48. The summed E-state index contributed by atoms with van der Waals surface area (Å²) in [6.45, 7) is 0.362. The average Bonchev–Trinajstić information content (AvgIpc) is 3.19. The molecule has 0 saturated heterocycles. The fourth-order valence-corrected chi connectivity index (χ4v) is 4.42. The second-order valence-corrected chi connectivity index (χ2v) is 8.50. The second kappa shape index (κ2) is 11.3. The van der Waals surface area contributed by atoms with Gasteiger partial charge in [-0.3, -0.25) is 9.59 Å². The molecule has 1 atom stereocenters. The van der Waals surface area contributed by atoms with Crippen molar-refractivity contribution in [3.63, 3.8) is 0 Å². The molecule has 2 amide bonds. The number of ether oxygens (including phenoxy) is 1. The zero-order valence-electron chi connectivity index (χ0n) is 19.3. The van der Waals surface area contributed by atoms with Crippen LogP contribution in [0.25, 0.3) is 11.1 Å². The molecular formula is C28H28N2O5. The third-order valence-corrected chi connectivity index (χ3v) is 6.10. The normalized spacial score (nSPS) is 12.8. The SMILES string of the molecule is O=C(O)CCCNC(=O)C(Cc1ccccc1)NC(=O)OCC1c2ccccc2-c2ccccc21. The number of hydrogen-bond donors (Lipinski definition) is 3. The average molecular weight is 473 g/mol. The van der Waals surface area contributed by atoms with E-state index in [2.05, 4.69) is 22.8 Å². The minimum absolute atomic E-state index is 0.0383. The molecule has 3 aromatic rings. The number of alkyl carbamates (subject to hydrolysis) is 1. The first-order chi connectivity index (χ1) is 17.0. The number of carboxylic acid groups (broad SMARTS) is 1. The van der Waals surface area contributed by atoms with Gasteiger partial charge in [0.2, 0.25) is 5.91 Å². The quantitative estimate of drug-likeness (QED) is 0.385. The molecular weight excluding hydrogens is 444 g/mol. The molecule has 0 bridgehead atoms. The number of rotatable bonds is 10. The molecule has 0 saturated carbocycles. The van der Waals surface area contributed by atoms with Crippen LogP contribution in [0.3, 0.4) is 0 Å². The number of carbonyl (C=O) groups excluding carboxylic acids is 2. The van der Waals surface area contributed by atoms with E-state index >= 15 is 0 Å². The van der Waals surface area contributed by atoms with Crippen LogP contribution in [0.1, 0.15) is 35.4 Å². The smallest absolute Gasteiger partial charge is 0.407 e. The molecule has 35 heavy (non-hydrogen) atoms. The van der Waals surface area contributed by atoms with Crippen LogP contribution in [0.4, 0.5) is 4.79 Å². The van der Waals surface area contributed by atoms with E-state index in [0.29, 0.717) is 6.42 Å². The van der Waals surface area contributed by atoms with Gasteiger partial charge in [-0.2, -0.15) is 0 Å². The summed E-state index contributed by atoms with van der Waals surface area (Å²) in [5, 5.41) is 14.2. The maximum Gasteiger partial charge on any atom is 0.407 e. The topological polar surface area (TPSA) is 105 Å². The van der Waals surface area contributed by atoms with Gasteiger partial charge in [0, 0.05) is 25.3 Å². The van der Waals surface area contributed by atoms with Gasteiger partial charge in [0.25, 0.3) is 0 Å². The van der Waals surface area contributed by atoms with Gasteiger partial charge in [0.1, 0.15) is 12.6 Å². The summed E-state index contributed by atoms with van der Waals surface area (Å²) in [6.07, 6.45) is -0.114. The molecule has 0 aliphatic heterocycles. The Bertz CT molecular complexity index is 1150. The van der Waals surface area contributed by atoms with E-state index in [1.165, 1.54) is 0 Å². The number of fused-ring (bicyclic) bond motifs is 3. The van der Waals surface area contributed by atoms with Crippen molar-refractivity contribution in [1.82, 2.24) is 10.6 Å². The molecule has 7 heteroatoms. The van der Waals surface area contributed by atoms with Crippen LogP contribution < -0.4 is 10.6 Å². The van der Waals surface area contributed by atoms with Crippen molar-refractivity contribution in [2.75, 3.05) is 13.2 Å². The summed E-state index contributed by atoms with van der Waals surface area (Å²) >= 11 is 0. The van der Waals surface area contributed by atoms with Gasteiger partial charge >= 0.3 is 12.1 Å². The molecule has 1 aliphatic carbocycles. The molecule has 1 unspecified atom stereocenters. The van der Waals surface area contributed by atoms with E-state index in [1.807, 2.05) is 66.7 Å². The number of hydrogen-bond acceptors (Lipinski definition) is 4. The van der Waals surface area contributed by atoms with Crippen molar-refractivity contribution in [3.8, 4) is 11.1 Å². The van der Waals surface area contributed by atoms with E-state index in [0.717, 1.165) is 27.8 Å². The zero-order chi connectivity index (χ0) is 24.6. The Hall–Kier alpha value is -4.13.